The van der Waals surface area contributed by atoms with Crippen molar-refractivity contribution in [3.05, 3.63) is 16.6 Å². The van der Waals surface area contributed by atoms with E-state index in [-0.39, 0.29) is 0 Å². The van der Waals surface area contributed by atoms with Crippen molar-refractivity contribution >= 4 is 11.3 Å². The van der Waals surface area contributed by atoms with Crippen LogP contribution in [0, 0.1) is 5.92 Å². The quantitative estimate of drug-likeness (QED) is 0.834. The average molecular weight is 279 g/mol. The van der Waals surface area contributed by atoms with Crippen LogP contribution >= 0.6 is 11.3 Å². The molecule has 0 spiro atoms. The molecular formula is C14H21N3OS. The summed E-state index contributed by atoms with van der Waals surface area (Å²) in [5, 5.41) is 3.32. The van der Waals surface area contributed by atoms with E-state index in [1.165, 1.54) is 24.4 Å². The Bertz CT molecular complexity index is 406. The lowest BCUT2D eigenvalue weighted by atomic mass is 10.0. The Morgan fingerprint density at radius 3 is 2.68 bits per heavy atom. The second-order valence-corrected chi connectivity index (χ2v) is 7.08. The normalized spacial score (nSPS) is 32.6. The van der Waals surface area contributed by atoms with E-state index < -0.39 is 0 Å². The molecule has 1 saturated carbocycles. The summed E-state index contributed by atoms with van der Waals surface area (Å²) in [5.74, 6) is 0.980. The molecule has 19 heavy (non-hydrogen) atoms. The van der Waals surface area contributed by atoms with E-state index in [1.807, 2.05) is 6.20 Å². The highest BCUT2D eigenvalue weighted by Crippen LogP contribution is 2.33. The maximum absolute atomic E-state index is 5.77. The van der Waals surface area contributed by atoms with Crippen LogP contribution in [0.1, 0.15) is 17.8 Å². The van der Waals surface area contributed by atoms with E-state index in [2.05, 4.69) is 20.2 Å². The van der Waals surface area contributed by atoms with Crippen molar-refractivity contribution < 1.29 is 4.74 Å². The fourth-order valence-electron chi connectivity index (χ4n) is 3.36. The van der Waals surface area contributed by atoms with Gasteiger partial charge >= 0.3 is 0 Å². The van der Waals surface area contributed by atoms with Gasteiger partial charge in [0.2, 0.25) is 0 Å². The van der Waals surface area contributed by atoms with E-state index in [9.17, 15) is 0 Å². The molecule has 2 atom stereocenters. The van der Waals surface area contributed by atoms with Gasteiger partial charge in [-0.25, -0.2) is 4.98 Å². The maximum atomic E-state index is 5.77. The topological polar surface area (TPSA) is 28.6 Å². The molecule has 0 radical (unpaired) electrons. The van der Waals surface area contributed by atoms with Crippen LogP contribution < -0.4 is 0 Å². The van der Waals surface area contributed by atoms with Crippen molar-refractivity contribution in [2.45, 2.75) is 31.5 Å². The molecule has 2 bridgehead atoms. The smallest absolute Gasteiger partial charge is 0.107 e. The van der Waals surface area contributed by atoms with Crippen LogP contribution in [-0.4, -0.2) is 59.7 Å². The largest absolute Gasteiger partial charge is 0.378 e. The van der Waals surface area contributed by atoms with Gasteiger partial charge in [0.15, 0.2) is 0 Å². The number of morpholine rings is 1. The minimum Gasteiger partial charge on any atom is -0.378 e. The fraction of sp³-hybridized carbons (Fsp3) is 0.786. The van der Waals surface area contributed by atoms with Gasteiger partial charge in [-0.15, -0.1) is 11.3 Å². The van der Waals surface area contributed by atoms with Crippen molar-refractivity contribution in [2.24, 2.45) is 5.92 Å². The van der Waals surface area contributed by atoms with Gasteiger partial charge in [-0.3, -0.25) is 9.80 Å². The first kappa shape index (κ1) is 12.3. The van der Waals surface area contributed by atoms with Crippen molar-refractivity contribution in [3.8, 4) is 0 Å². The number of hydrogen-bond acceptors (Lipinski definition) is 5. The molecule has 3 heterocycles. The minimum absolute atomic E-state index is 0.605. The zero-order valence-corrected chi connectivity index (χ0v) is 12.0. The van der Waals surface area contributed by atoms with Gasteiger partial charge < -0.3 is 4.74 Å². The summed E-state index contributed by atoms with van der Waals surface area (Å²) in [6.45, 7) is 6.44. The van der Waals surface area contributed by atoms with Crippen molar-refractivity contribution in [1.82, 2.24) is 14.8 Å². The van der Waals surface area contributed by atoms with Crippen LogP contribution in [0.5, 0.6) is 0 Å². The number of hydrogen-bond donors (Lipinski definition) is 0. The maximum Gasteiger partial charge on any atom is 0.107 e. The Morgan fingerprint density at radius 2 is 2.05 bits per heavy atom. The summed E-state index contributed by atoms with van der Waals surface area (Å²) in [6.07, 6.45) is 4.80. The zero-order valence-electron chi connectivity index (χ0n) is 11.2. The Hall–Kier alpha value is -0.490. The molecule has 4 nitrogen and oxygen atoms in total. The van der Waals surface area contributed by atoms with Gasteiger partial charge in [-0.1, -0.05) is 0 Å². The standard InChI is InChI=1S/C14H21N3OS/c1-2-11(1)5-17-12-6-16(7-13(17)10-18-9-12)8-14-15-3-4-19-14/h3-4,11-13H,1-2,5-10H2. The number of fused-ring (bicyclic) bond motifs is 2. The van der Waals surface area contributed by atoms with Crippen LogP contribution in [-0.2, 0) is 11.3 Å². The predicted molar refractivity (Wildman–Crippen MR) is 75.2 cm³/mol. The Labute approximate surface area is 118 Å². The van der Waals surface area contributed by atoms with Crippen LogP contribution in [0.25, 0.3) is 0 Å². The van der Waals surface area contributed by atoms with Crippen molar-refractivity contribution in [2.75, 3.05) is 32.8 Å². The molecule has 2 saturated heterocycles. The van der Waals surface area contributed by atoms with E-state index in [4.69, 9.17) is 4.74 Å². The van der Waals surface area contributed by atoms with Crippen LogP contribution in [0.2, 0.25) is 0 Å². The third kappa shape index (κ3) is 2.70. The highest BCUT2D eigenvalue weighted by molar-refractivity contribution is 7.09. The van der Waals surface area contributed by atoms with Crippen molar-refractivity contribution in [1.29, 1.82) is 0 Å². The van der Waals surface area contributed by atoms with E-state index >= 15 is 0 Å². The molecule has 1 aliphatic carbocycles. The monoisotopic (exact) mass is 279 g/mol. The molecular weight excluding hydrogens is 258 g/mol. The fourth-order valence-corrected chi connectivity index (χ4v) is 4.02. The van der Waals surface area contributed by atoms with Crippen molar-refractivity contribution in [3.63, 3.8) is 0 Å². The predicted octanol–water partition coefficient (Wildman–Crippen LogP) is 1.44. The summed E-state index contributed by atoms with van der Waals surface area (Å²) >= 11 is 1.77. The first-order valence-corrected chi connectivity index (χ1v) is 8.20. The highest BCUT2D eigenvalue weighted by Gasteiger charge is 2.40. The summed E-state index contributed by atoms with van der Waals surface area (Å²) in [5.41, 5.74) is 0. The Kier molecular flexibility index (Phi) is 3.31. The average Bonchev–Trinajstić information content (AvgIpc) is 3.05. The van der Waals surface area contributed by atoms with Gasteiger partial charge in [0.1, 0.15) is 5.01 Å². The van der Waals surface area contributed by atoms with E-state index in [0.29, 0.717) is 12.1 Å². The van der Waals surface area contributed by atoms with Crippen LogP contribution in [0.15, 0.2) is 11.6 Å². The van der Waals surface area contributed by atoms with Gasteiger partial charge in [-0.05, 0) is 18.8 Å². The van der Waals surface area contributed by atoms with E-state index in [1.54, 1.807) is 11.3 Å². The molecule has 2 unspecified atom stereocenters. The molecule has 0 amide bonds. The molecule has 3 fully saturated rings. The number of rotatable bonds is 4. The van der Waals surface area contributed by atoms with Gasteiger partial charge in [0.05, 0.1) is 19.8 Å². The Morgan fingerprint density at radius 1 is 1.26 bits per heavy atom. The molecule has 1 aromatic rings. The third-order valence-corrected chi connectivity index (χ3v) is 5.27. The first-order valence-electron chi connectivity index (χ1n) is 7.32. The molecule has 0 aromatic carbocycles. The number of aromatic nitrogens is 1. The molecule has 104 valence electrons. The summed E-state index contributed by atoms with van der Waals surface area (Å²) in [6, 6.07) is 1.21. The number of piperazine rings is 1. The lowest BCUT2D eigenvalue weighted by molar-refractivity contribution is -0.100. The molecule has 5 heteroatoms. The third-order valence-electron chi connectivity index (χ3n) is 4.50. The summed E-state index contributed by atoms with van der Waals surface area (Å²) in [7, 11) is 0. The molecule has 2 aliphatic heterocycles. The second-order valence-electron chi connectivity index (χ2n) is 6.11. The Balaban J connectivity index is 1.42. The molecule has 3 aliphatic rings. The zero-order chi connectivity index (χ0) is 12.7. The first-order chi connectivity index (χ1) is 9.38. The summed E-state index contributed by atoms with van der Waals surface area (Å²) < 4.78 is 5.77. The number of nitrogens with zero attached hydrogens (tertiary/aromatic N) is 3. The van der Waals surface area contributed by atoms with E-state index in [0.717, 1.165) is 38.8 Å². The van der Waals surface area contributed by atoms with Crippen LogP contribution in [0.4, 0.5) is 0 Å². The second kappa shape index (κ2) is 5.13. The number of thiazole rings is 1. The van der Waals surface area contributed by atoms with Gasteiger partial charge in [0, 0.05) is 43.3 Å². The van der Waals surface area contributed by atoms with Crippen LogP contribution in [0.3, 0.4) is 0 Å². The molecule has 4 rings (SSSR count). The lowest BCUT2D eigenvalue weighted by Gasteiger charge is -2.49. The van der Waals surface area contributed by atoms with Gasteiger partial charge in [0.25, 0.3) is 0 Å². The molecule has 0 N–H and O–H groups in total. The summed E-state index contributed by atoms with van der Waals surface area (Å²) in [4.78, 5) is 9.72. The lowest BCUT2D eigenvalue weighted by Crippen LogP contribution is -2.64. The molecule has 1 aromatic heterocycles. The highest BCUT2D eigenvalue weighted by atomic mass is 32.1. The number of ether oxygens (including phenoxy) is 1. The van der Waals surface area contributed by atoms with Gasteiger partial charge in [-0.2, -0.15) is 0 Å². The SMILES string of the molecule is c1csc(CN2CC3COCC(C2)N3CC2CC2)n1. The minimum atomic E-state index is 0.605.